The Morgan fingerprint density at radius 2 is 1.59 bits per heavy atom. The molecule has 0 aliphatic heterocycles. The van der Waals surface area contributed by atoms with E-state index in [9.17, 15) is 9.90 Å². The van der Waals surface area contributed by atoms with Crippen molar-refractivity contribution in [2.45, 2.75) is 32.6 Å². The SMILES string of the molecule is CCC(=NOCCOc1cccc(C(C)(C)C(=O)O)c1)c1ccc(-c2ccccc2)cc1. The van der Waals surface area contributed by atoms with Gasteiger partial charge >= 0.3 is 5.97 Å². The van der Waals surface area contributed by atoms with Crippen molar-refractivity contribution in [1.29, 1.82) is 0 Å². The summed E-state index contributed by atoms with van der Waals surface area (Å²) < 4.78 is 5.72. The lowest BCUT2D eigenvalue weighted by atomic mass is 9.85. The maximum absolute atomic E-state index is 11.5. The molecule has 3 rings (SSSR count). The summed E-state index contributed by atoms with van der Waals surface area (Å²) in [4.78, 5) is 16.9. The number of aliphatic carboxylic acids is 1. The first-order chi connectivity index (χ1) is 15.4. The molecule has 0 unspecified atom stereocenters. The van der Waals surface area contributed by atoms with Gasteiger partial charge in [0.1, 0.15) is 12.4 Å². The summed E-state index contributed by atoms with van der Waals surface area (Å²) in [7, 11) is 0. The lowest BCUT2D eigenvalue weighted by Crippen LogP contribution is -2.28. The summed E-state index contributed by atoms with van der Waals surface area (Å²) in [5.74, 6) is -0.271. The van der Waals surface area contributed by atoms with Crippen LogP contribution in [-0.4, -0.2) is 30.0 Å². The van der Waals surface area contributed by atoms with Gasteiger partial charge in [-0.2, -0.15) is 0 Å². The Morgan fingerprint density at radius 3 is 2.25 bits per heavy atom. The molecule has 3 aromatic carbocycles. The molecule has 0 aliphatic rings. The van der Waals surface area contributed by atoms with Crippen molar-refractivity contribution in [3.8, 4) is 16.9 Å². The van der Waals surface area contributed by atoms with Crippen LogP contribution in [0.25, 0.3) is 11.1 Å². The number of ether oxygens (including phenoxy) is 1. The van der Waals surface area contributed by atoms with Gasteiger partial charge in [0.25, 0.3) is 0 Å². The summed E-state index contributed by atoms with van der Waals surface area (Å²) in [6.07, 6.45) is 0.748. The van der Waals surface area contributed by atoms with Crippen LogP contribution in [0.1, 0.15) is 38.3 Å². The lowest BCUT2D eigenvalue weighted by Gasteiger charge is -2.20. The molecule has 0 spiro atoms. The normalized spacial score (nSPS) is 11.8. The minimum atomic E-state index is -0.980. The molecule has 0 amide bonds. The fraction of sp³-hybridized carbons (Fsp3) is 0.259. The molecule has 5 nitrogen and oxygen atoms in total. The monoisotopic (exact) mass is 431 g/mol. The zero-order valence-corrected chi connectivity index (χ0v) is 18.7. The van der Waals surface area contributed by atoms with Crippen molar-refractivity contribution in [2.24, 2.45) is 5.16 Å². The number of benzene rings is 3. The minimum absolute atomic E-state index is 0.290. The molecule has 5 heteroatoms. The van der Waals surface area contributed by atoms with Crippen LogP contribution < -0.4 is 4.74 Å². The van der Waals surface area contributed by atoms with E-state index in [1.807, 2.05) is 25.1 Å². The van der Waals surface area contributed by atoms with E-state index in [0.29, 0.717) is 17.9 Å². The third-order valence-electron chi connectivity index (χ3n) is 5.37. The third kappa shape index (κ3) is 5.76. The Bertz CT molecular complexity index is 1060. The van der Waals surface area contributed by atoms with Crippen molar-refractivity contribution in [2.75, 3.05) is 13.2 Å². The highest BCUT2D eigenvalue weighted by atomic mass is 16.6. The third-order valence-corrected chi connectivity index (χ3v) is 5.37. The summed E-state index contributed by atoms with van der Waals surface area (Å²) in [5.41, 5.74) is 3.94. The molecule has 32 heavy (non-hydrogen) atoms. The quantitative estimate of drug-likeness (QED) is 0.246. The highest BCUT2D eigenvalue weighted by Crippen LogP contribution is 2.26. The number of rotatable bonds is 10. The van der Waals surface area contributed by atoms with E-state index in [2.05, 4.69) is 41.6 Å². The molecule has 0 aromatic heterocycles. The van der Waals surface area contributed by atoms with E-state index in [1.165, 1.54) is 5.56 Å². The molecule has 0 radical (unpaired) electrons. The first kappa shape index (κ1) is 23.1. The van der Waals surface area contributed by atoms with Gasteiger partial charge < -0.3 is 14.7 Å². The number of carboxylic acid groups (broad SMARTS) is 1. The zero-order chi connectivity index (χ0) is 23.0. The van der Waals surface area contributed by atoms with Gasteiger partial charge in [0.05, 0.1) is 11.1 Å². The molecule has 1 N–H and O–H groups in total. The van der Waals surface area contributed by atoms with Crippen LogP contribution in [0.15, 0.2) is 84.0 Å². The molecular weight excluding hydrogens is 402 g/mol. The second-order valence-electron chi connectivity index (χ2n) is 7.97. The fourth-order valence-corrected chi connectivity index (χ4v) is 3.23. The molecule has 166 valence electrons. The molecule has 0 aliphatic carbocycles. The number of carbonyl (C=O) groups is 1. The van der Waals surface area contributed by atoms with Gasteiger partial charge in [-0.05, 0) is 54.7 Å². The van der Waals surface area contributed by atoms with Crippen molar-refractivity contribution < 1.29 is 19.5 Å². The van der Waals surface area contributed by atoms with E-state index >= 15 is 0 Å². The standard InChI is InChI=1S/C27H29NO4/c1-4-25(22-15-13-21(14-16-22)20-9-6-5-7-10-20)28-32-18-17-31-24-12-8-11-23(19-24)27(2,3)26(29)30/h5-16,19H,4,17-18H2,1-3H3,(H,29,30). The maximum Gasteiger partial charge on any atom is 0.313 e. The van der Waals surface area contributed by atoms with Gasteiger partial charge in [0, 0.05) is 0 Å². The number of oxime groups is 1. The van der Waals surface area contributed by atoms with Crippen LogP contribution in [0.2, 0.25) is 0 Å². The largest absolute Gasteiger partial charge is 0.490 e. The van der Waals surface area contributed by atoms with Crippen LogP contribution >= 0.6 is 0 Å². The Labute approximate surface area is 189 Å². The first-order valence-corrected chi connectivity index (χ1v) is 10.7. The van der Waals surface area contributed by atoms with Crippen molar-refractivity contribution in [3.05, 3.63) is 90.0 Å². The highest BCUT2D eigenvalue weighted by molar-refractivity contribution is 6.00. The molecule has 0 fully saturated rings. The maximum atomic E-state index is 11.5. The summed E-state index contributed by atoms with van der Waals surface area (Å²) in [6.45, 7) is 5.98. The van der Waals surface area contributed by atoms with Crippen LogP contribution in [0.4, 0.5) is 0 Å². The summed E-state index contributed by atoms with van der Waals surface area (Å²) in [5, 5.41) is 13.7. The van der Waals surface area contributed by atoms with Crippen LogP contribution in [0.5, 0.6) is 5.75 Å². The molecule has 0 bridgehead atoms. The molecule has 0 saturated heterocycles. The predicted molar refractivity (Wildman–Crippen MR) is 127 cm³/mol. The van der Waals surface area contributed by atoms with Gasteiger partial charge in [-0.1, -0.05) is 78.8 Å². The number of hydrogen-bond acceptors (Lipinski definition) is 4. The van der Waals surface area contributed by atoms with Crippen LogP contribution in [0.3, 0.4) is 0 Å². The zero-order valence-electron chi connectivity index (χ0n) is 18.7. The predicted octanol–water partition coefficient (Wildman–Crippen LogP) is 5.93. The average Bonchev–Trinajstić information content (AvgIpc) is 2.82. The molecule has 0 saturated carbocycles. The first-order valence-electron chi connectivity index (χ1n) is 10.7. The minimum Gasteiger partial charge on any atom is -0.490 e. The molecule has 3 aromatic rings. The fourth-order valence-electron chi connectivity index (χ4n) is 3.23. The van der Waals surface area contributed by atoms with Crippen molar-refractivity contribution in [1.82, 2.24) is 0 Å². The number of hydrogen-bond donors (Lipinski definition) is 1. The highest BCUT2D eigenvalue weighted by Gasteiger charge is 2.29. The van der Waals surface area contributed by atoms with Crippen LogP contribution in [-0.2, 0) is 15.0 Å². The molecular formula is C27H29NO4. The van der Waals surface area contributed by atoms with Gasteiger partial charge in [0.2, 0.25) is 0 Å². The van der Waals surface area contributed by atoms with Gasteiger partial charge in [0.15, 0.2) is 6.61 Å². The van der Waals surface area contributed by atoms with E-state index in [-0.39, 0.29) is 6.61 Å². The van der Waals surface area contributed by atoms with E-state index in [0.717, 1.165) is 23.3 Å². The Morgan fingerprint density at radius 1 is 0.906 bits per heavy atom. The van der Waals surface area contributed by atoms with Crippen LogP contribution in [0, 0.1) is 0 Å². The van der Waals surface area contributed by atoms with E-state index in [1.54, 1.807) is 38.1 Å². The summed E-state index contributed by atoms with van der Waals surface area (Å²) in [6, 6.07) is 25.7. The topological polar surface area (TPSA) is 68.1 Å². The number of carboxylic acids is 1. The Hall–Kier alpha value is -3.60. The van der Waals surface area contributed by atoms with E-state index in [4.69, 9.17) is 9.57 Å². The van der Waals surface area contributed by atoms with Crippen molar-refractivity contribution >= 4 is 11.7 Å². The average molecular weight is 432 g/mol. The lowest BCUT2D eigenvalue weighted by molar-refractivity contribution is -0.142. The second kappa shape index (κ2) is 10.6. The van der Waals surface area contributed by atoms with Gasteiger partial charge in [-0.15, -0.1) is 0 Å². The smallest absolute Gasteiger partial charge is 0.313 e. The molecule has 0 heterocycles. The second-order valence-corrected chi connectivity index (χ2v) is 7.97. The Kier molecular flexibility index (Phi) is 7.66. The summed E-state index contributed by atoms with van der Waals surface area (Å²) >= 11 is 0. The van der Waals surface area contributed by atoms with Gasteiger partial charge in [-0.25, -0.2) is 0 Å². The van der Waals surface area contributed by atoms with Gasteiger partial charge in [-0.3, -0.25) is 4.79 Å². The molecule has 0 atom stereocenters. The van der Waals surface area contributed by atoms with E-state index < -0.39 is 11.4 Å². The number of nitrogens with zero attached hydrogens (tertiary/aromatic N) is 1. The van der Waals surface area contributed by atoms with Crippen molar-refractivity contribution in [3.63, 3.8) is 0 Å². The Balaban J connectivity index is 1.55.